The zero-order chi connectivity index (χ0) is 24.6. The Balaban J connectivity index is 1.55. The van der Waals surface area contributed by atoms with Crippen LogP contribution in [-0.4, -0.2) is 30.8 Å². The van der Waals surface area contributed by atoms with Gasteiger partial charge in [0.15, 0.2) is 9.84 Å². The molecule has 0 saturated heterocycles. The van der Waals surface area contributed by atoms with E-state index < -0.39 is 21.6 Å². The number of amides is 1. The largest absolute Gasteiger partial charge is 0.416 e. The SMILES string of the molecule is O=C(CCC1CCCCCC1)Nc1cccnc1SCCS(=O)(=O)c1cccc(C(F)(F)F)c1. The van der Waals surface area contributed by atoms with Crippen LogP contribution in [0.15, 0.2) is 52.5 Å². The Morgan fingerprint density at radius 3 is 2.53 bits per heavy atom. The summed E-state index contributed by atoms with van der Waals surface area (Å²) in [5.74, 6) is 0.207. The van der Waals surface area contributed by atoms with E-state index in [0.717, 1.165) is 36.4 Å². The van der Waals surface area contributed by atoms with E-state index in [4.69, 9.17) is 0 Å². The number of rotatable bonds is 9. The molecule has 0 unspecified atom stereocenters. The molecule has 186 valence electrons. The van der Waals surface area contributed by atoms with Gasteiger partial charge in [-0.15, -0.1) is 11.8 Å². The van der Waals surface area contributed by atoms with Crippen LogP contribution in [0.25, 0.3) is 0 Å². The van der Waals surface area contributed by atoms with Crippen molar-refractivity contribution in [2.24, 2.45) is 5.92 Å². The van der Waals surface area contributed by atoms with Crippen molar-refractivity contribution >= 4 is 33.2 Å². The minimum absolute atomic E-state index is 0.0839. The van der Waals surface area contributed by atoms with Crippen LogP contribution in [0.2, 0.25) is 0 Å². The summed E-state index contributed by atoms with van der Waals surface area (Å²) in [7, 11) is -3.91. The number of sulfone groups is 1. The summed E-state index contributed by atoms with van der Waals surface area (Å²) < 4.78 is 63.9. The number of carbonyl (C=O) groups is 1. The maximum atomic E-state index is 12.9. The Morgan fingerprint density at radius 1 is 1.09 bits per heavy atom. The molecule has 1 N–H and O–H groups in total. The molecule has 1 aliphatic carbocycles. The first-order valence-electron chi connectivity index (χ1n) is 11.4. The molecule has 1 aromatic heterocycles. The van der Waals surface area contributed by atoms with E-state index in [1.807, 2.05) is 0 Å². The van der Waals surface area contributed by atoms with Crippen molar-refractivity contribution in [3.05, 3.63) is 48.2 Å². The Hall–Kier alpha value is -2.07. The number of alkyl halides is 3. The summed E-state index contributed by atoms with van der Waals surface area (Å²) in [4.78, 5) is 16.4. The average molecular weight is 515 g/mol. The number of benzene rings is 1. The number of nitrogens with one attached hydrogen (secondary N) is 1. The minimum atomic E-state index is -4.61. The highest BCUT2D eigenvalue weighted by atomic mass is 32.2. The van der Waals surface area contributed by atoms with E-state index >= 15 is 0 Å². The van der Waals surface area contributed by atoms with Crippen LogP contribution in [0.4, 0.5) is 18.9 Å². The summed E-state index contributed by atoms with van der Waals surface area (Å²) in [5.41, 5.74) is -0.491. The van der Waals surface area contributed by atoms with Crippen LogP contribution in [0.3, 0.4) is 0 Å². The van der Waals surface area contributed by atoms with Crippen LogP contribution in [-0.2, 0) is 20.8 Å². The lowest BCUT2D eigenvalue weighted by molar-refractivity contribution is -0.137. The molecule has 0 radical (unpaired) electrons. The van der Waals surface area contributed by atoms with Gasteiger partial charge in [0.2, 0.25) is 5.91 Å². The molecular weight excluding hydrogens is 485 g/mol. The van der Waals surface area contributed by atoms with Gasteiger partial charge >= 0.3 is 6.18 Å². The van der Waals surface area contributed by atoms with Crippen molar-refractivity contribution in [1.29, 1.82) is 0 Å². The topological polar surface area (TPSA) is 76.1 Å². The lowest BCUT2D eigenvalue weighted by atomic mass is 9.95. The molecule has 1 fully saturated rings. The third kappa shape index (κ3) is 8.01. The molecule has 2 aromatic rings. The number of nitrogens with zero attached hydrogens (tertiary/aromatic N) is 1. The molecule has 10 heteroatoms. The average Bonchev–Trinajstić information content (AvgIpc) is 3.07. The number of halogens is 3. The molecule has 5 nitrogen and oxygen atoms in total. The van der Waals surface area contributed by atoms with Crippen LogP contribution >= 0.6 is 11.8 Å². The fraction of sp³-hybridized carbons (Fsp3) is 0.500. The van der Waals surface area contributed by atoms with Crippen molar-refractivity contribution in [3.63, 3.8) is 0 Å². The number of pyridine rings is 1. The highest BCUT2D eigenvalue weighted by Gasteiger charge is 2.31. The maximum absolute atomic E-state index is 12.9. The molecule has 34 heavy (non-hydrogen) atoms. The first-order chi connectivity index (χ1) is 16.1. The molecule has 1 saturated carbocycles. The second-order valence-electron chi connectivity index (χ2n) is 8.49. The summed E-state index contributed by atoms with van der Waals surface area (Å²) in [6.45, 7) is 0. The van der Waals surface area contributed by atoms with Crippen molar-refractivity contribution in [3.8, 4) is 0 Å². The van der Waals surface area contributed by atoms with Gasteiger partial charge in [0.1, 0.15) is 5.03 Å². The van der Waals surface area contributed by atoms with E-state index in [1.54, 1.807) is 18.3 Å². The third-order valence-corrected chi connectivity index (χ3v) is 8.89. The lowest BCUT2D eigenvalue weighted by Gasteiger charge is -2.14. The van der Waals surface area contributed by atoms with Gasteiger partial charge in [-0.2, -0.15) is 13.2 Å². The van der Waals surface area contributed by atoms with E-state index in [-0.39, 0.29) is 22.3 Å². The molecule has 1 aromatic carbocycles. The normalized spacial score (nSPS) is 15.6. The highest BCUT2D eigenvalue weighted by molar-refractivity contribution is 8.00. The molecular formula is C24H29F3N2O3S2. The number of aromatic nitrogens is 1. The van der Waals surface area contributed by atoms with Crippen molar-refractivity contribution in [1.82, 2.24) is 4.98 Å². The molecule has 0 bridgehead atoms. The van der Waals surface area contributed by atoms with Crippen LogP contribution < -0.4 is 5.32 Å². The van der Waals surface area contributed by atoms with E-state index in [9.17, 15) is 26.4 Å². The van der Waals surface area contributed by atoms with Gasteiger partial charge in [-0.25, -0.2) is 13.4 Å². The quantitative estimate of drug-likeness (QED) is 0.311. The second kappa shape index (κ2) is 12.1. The number of thioether (sulfide) groups is 1. The monoisotopic (exact) mass is 514 g/mol. The Bertz CT molecular complexity index is 1070. The highest BCUT2D eigenvalue weighted by Crippen LogP contribution is 2.31. The molecule has 1 heterocycles. The predicted octanol–water partition coefficient (Wildman–Crippen LogP) is 6.36. The van der Waals surface area contributed by atoms with Crippen molar-refractivity contribution in [2.75, 3.05) is 16.8 Å². The van der Waals surface area contributed by atoms with E-state index in [1.165, 1.54) is 38.5 Å². The summed E-state index contributed by atoms with van der Waals surface area (Å²) in [6.07, 6.45) is 5.52. The lowest BCUT2D eigenvalue weighted by Crippen LogP contribution is -2.15. The number of carbonyl (C=O) groups excluding carboxylic acids is 1. The van der Waals surface area contributed by atoms with Gasteiger partial charge < -0.3 is 5.32 Å². The molecule has 1 aliphatic rings. The first-order valence-corrected chi connectivity index (χ1v) is 14.1. The second-order valence-corrected chi connectivity index (χ2v) is 11.7. The van der Waals surface area contributed by atoms with Gasteiger partial charge in [0, 0.05) is 18.4 Å². The minimum Gasteiger partial charge on any atom is -0.324 e. The van der Waals surface area contributed by atoms with Gasteiger partial charge in [-0.05, 0) is 42.7 Å². The van der Waals surface area contributed by atoms with Gasteiger partial charge in [0.05, 0.1) is 21.9 Å². The number of hydrogen-bond acceptors (Lipinski definition) is 5. The zero-order valence-electron chi connectivity index (χ0n) is 18.8. The molecule has 3 rings (SSSR count). The van der Waals surface area contributed by atoms with E-state index in [2.05, 4.69) is 10.3 Å². The molecule has 0 atom stereocenters. The first kappa shape index (κ1) is 26.5. The predicted molar refractivity (Wildman–Crippen MR) is 128 cm³/mol. The number of anilines is 1. The van der Waals surface area contributed by atoms with E-state index in [0.29, 0.717) is 29.1 Å². The molecule has 0 aliphatic heterocycles. The Kier molecular flexibility index (Phi) is 9.41. The van der Waals surface area contributed by atoms with Crippen LogP contribution in [0.1, 0.15) is 56.9 Å². The van der Waals surface area contributed by atoms with Gasteiger partial charge in [-0.3, -0.25) is 4.79 Å². The fourth-order valence-electron chi connectivity index (χ4n) is 4.03. The molecule has 1 amide bonds. The fourth-order valence-corrected chi connectivity index (χ4v) is 6.68. The summed E-state index contributed by atoms with van der Waals surface area (Å²) >= 11 is 1.14. The zero-order valence-corrected chi connectivity index (χ0v) is 20.4. The van der Waals surface area contributed by atoms with Crippen LogP contribution in [0.5, 0.6) is 0 Å². The van der Waals surface area contributed by atoms with Crippen LogP contribution in [0, 0.1) is 5.92 Å². The number of hydrogen-bond donors (Lipinski definition) is 1. The summed E-state index contributed by atoms with van der Waals surface area (Å²) in [5, 5.41) is 3.35. The van der Waals surface area contributed by atoms with Gasteiger partial charge in [-0.1, -0.05) is 44.6 Å². The Labute approximate surface area is 202 Å². The Morgan fingerprint density at radius 2 is 1.82 bits per heavy atom. The third-order valence-electron chi connectivity index (χ3n) is 5.91. The van der Waals surface area contributed by atoms with Gasteiger partial charge in [0.25, 0.3) is 0 Å². The maximum Gasteiger partial charge on any atom is 0.416 e. The smallest absolute Gasteiger partial charge is 0.324 e. The molecule has 0 spiro atoms. The standard InChI is InChI=1S/C24H29F3N2O3S2/c25-24(26,27)19-9-5-10-20(17-19)34(31,32)16-15-33-23-21(11-6-14-28-23)29-22(30)13-12-18-7-3-1-2-4-8-18/h5-6,9-11,14,17-18H,1-4,7-8,12-13,15-16H2,(H,29,30). The van der Waals surface area contributed by atoms with Crippen molar-refractivity contribution in [2.45, 2.75) is 67.5 Å². The van der Waals surface area contributed by atoms with Crippen molar-refractivity contribution < 1.29 is 26.4 Å². The summed E-state index contributed by atoms with van der Waals surface area (Å²) in [6, 6.07) is 7.14.